The van der Waals surface area contributed by atoms with Crippen molar-refractivity contribution in [2.45, 2.75) is 26.8 Å². The van der Waals surface area contributed by atoms with Gasteiger partial charge in [0.15, 0.2) is 0 Å². The lowest BCUT2D eigenvalue weighted by atomic mass is 9.91. The largest absolute Gasteiger partial charge is 0.320 e. The van der Waals surface area contributed by atoms with Crippen molar-refractivity contribution in [2.75, 3.05) is 0 Å². The molecule has 0 aliphatic heterocycles. The van der Waals surface area contributed by atoms with E-state index < -0.39 is 0 Å². The summed E-state index contributed by atoms with van der Waals surface area (Å²) in [6, 6.07) is 7.40. The topological polar surface area (TPSA) is 26.0 Å². The van der Waals surface area contributed by atoms with Crippen LogP contribution in [0, 0.1) is 32.4 Å². The van der Waals surface area contributed by atoms with E-state index in [1.54, 1.807) is 19.1 Å². The van der Waals surface area contributed by atoms with Gasteiger partial charge in [-0.2, -0.15) is 0 Å². The minimum atomic E-state index is -0.375. The second kappa shape index (κ2) is 5.10. The van der Waals surface area contributed by atoms with Crippen molar-refractivity contribution in [1.82, 2.24) is 0 Å². The van der Waals surface area contributed by atoms with Gasteiger partial charge in [-0.1, -0.05) is 12.1 Å². The average Bonchev–Trinajstić information content (AvgIpc) is 2.31. The third kappa shape index (κ3) is 2.66. The van der Waals surface area contributed by atoms with Crippen LogP contribution in [0.1, 0.15) is 33.9 Å². The van der Waals surface area contributed by atoms with Crippen molar-refractivity contribution in [1.29, 1.82) is 0 Å². The summed E-state index contributed by atoms with van der Waals surface area (Å²) >= 11 is 0. The molecule has 0 bridgehead atoms. The van der Waals surface area contributed by atoms with Gasteiger partial charge in [0.05, 0.1) is 6.04 Å². The standard InChI is InChI=1S/C16H17F2N/c1-9-6-12(4-5-14(9)18)16(19)15-10(2)7-13(17)8-11(15)3/h4-8,16H,19H2,1-3H3. The van der Waals surface area contributed by atoms with Crippen LogP contribution in [0.15, 0.2) is 30.3 Å². The van der Waals surface area contributed by atoms with Crippen LogP contribution in [0.25, 0.3) is 0 Å². The Morgan fingerprint density at radius 3 is 2.00 bits per heavy atom. The highest BCUT2D eigenvalue weighted by Gasteiger charge is 2.16. The Labute approximate surface area is 112 Å². The number of benzene rings is 2. The van der Waals surface area contributed by atoms with Crippen LogP contribution in [-0.4, -0.2) is 0 Å². The summed E-state index contributed by atoms with van der Waals surface area (Å²) < 4.78 is 26.6. The molecule has 1 unspecified atom stereocenters. The predicted octanol–water partition coefficient (Wildman–Crippen LogP) is 3.94. The molecule has 3 heteroatoms. The number of aryl methyl sites for hydroxylation is 3. The second-order valence-corrected chi connectivity index (χ2v) is 4.94. The summed E-state index contributed by atoms with van der Waals surface area (Å²) in [7, 11) is 0. The van der Waals surface area contributed by atoms with Gasteiger partial charge in [-0.25, -0.2) is 8.78 Å². The van der Waals surface area contributed by atoms with Crippen LogP contribution in [-0.2, 0) is 0 Å². The van der Waals surface area contributed by atoms with Gasteiger partial charge in [0.2, 0.25) is 0 Å². The number of rotatable bonds is 2. The molecule has 0 fully saturated rings. The highest BCUT2D eigenvalue weighted by molar-refractivity contribution is 5.42. The molecule has 0 saturated heterocycles. The first kappa shape index (κ1) is 13.7. The number of hydrogen-bond donors (Lipinski definition) is 1. The van der Waals surface area contributed by atoms with Crippen molar-refractivity contribution in [2.24, 2.45) is 5.73 Å². The van der Waals surface area contributed by atoms with E-state index in [-0.39, 0.29) is 17.7 Å². The van der Waals surface area contributed by atoms with Crippen molar-refractivity contribution in [3.63, 3.8) is 0 Å². The van der Waals surface area contributed by atoms with E-state index in [0.717, 1.165) is 22.3 Å². The maximum Gasteiger partial charge on any atom is 0.126 e. The zero-order valence-electron chi connectivity index (χ0n) is 11.3. The van der Waals surface area contributed by atoms with E-state index in [1.807, 2.05) is 13.8 Å². The molecular formula is C16H17F2N. The van der Waals surface area contributed by atoms with Crippen LogP contribution >= 0.6 is 0 Å². The SMILES string of the molecule is Cc1cc(C(N)c2c(C)cc(F)cc2C)ccc1F. The van der Waals surface area contributed by atoms with Gasteiger partial charge in [0, 0.05) is 0 Å². The van der Waals surface area contributed by atoms with E-state index in [0.29, 0.717) is 5.56 Å². The molecule has 0 amide bonds. The fraction of sp³-hybridized carbons (Fsp3) is 0.250. The molecule has 2 rings (SSSR count). The van der Waals surface area contributed by atoms with Gasteiger partial charge in [0.1, 0.15) is 11.6 Å². The molecule has 0 saturated carbocycles. The Hall–Kier alpha value is -1.74. The predicted molar refractivity (Wildman–Crippen MR) is 73.0 cm³/mol. The summed E-state index contributed by atoms with van der Waals surface area (Å²) in [6.07, 6.45) is 0. The Kier molecular flexibility index (Phi) is 3.67. The molecule has 2 aromatic rings. The van der Waals surface area contributed by atoms with Crippen molar-refractivity contribution in [3.05, 3.63) is 69.8 Å². The molecule has 2 aromatic carbocycles. The Morgan fingerprint density at radius 2 is 1.47 bits per heavy atom. The summed E-state index contributed by atoms with van der Waals surface area (Å²) in [5.74, 6) is -0.510. The van der Waals surface area contributed by atoms with Gasteiger partial charge < -0.3 is 5.73 Å². The van der Waals surface area contributed by atoms with E-state index in [4.69, 9.17) is 5.73 Å². The summed E-state index contributed by atoms with van der Waals surface area (Å²) in [5.41, 5.74) is 10.2. The van der Waals surface area contributed by atoms with E-state index in [9.17, 15) is 8.78 Å². The summed E-state index contributed by atoms with van der Waals surface area (Å²) in [6.45, 7) is 5.37. The third-order valence-corrected chi connectivity index (χ3v) is 3.41. The Balaban J connectivity index is 2.49. The van der Waals surface area contributed by atoms with Crippen LogP contribution in [0.2, 0.25) is 0 Å². The molecule has 19 heavy (non-hydrogen) atoms. The maximum atomic E-state index is 13.3. The van der Waals surface area contributed by atoms with E-state index >= 15 is 0 Å². The molecule has 1 nitrogen and oxygen atoms in total. The average molecular weight is 261 g/mol. The van der Waals surface area contributed by atoms with Crippen LogP contribution in [0.3, 0.4) is 0 Å². The van der Waals surface area contributed by atoms with Gasteiger partial charge in [-0.3, -0.25) is 0 Å². The molecule has 0 aliphatic rings. The first-order valence-corrected chi connectivity index (χ1v) is 6.18. The lowest BCUT2D eigenvalue weighted by Crippen LogP contribution is -2.15. The third-order valence-electron chi connectivity index (χ3n) is 3.41. The molecular weight excluding hydrogens is 244 g/mol. The minimum Gasteiger partial charge on any atom is -0.320 e. The highest BCUT2D eigenvalue weighted by atomic mass is 19.1. The monoisotopic (exact) mass is 261 g/mol. The van der Waals surface area contributed by atoms with Gasteiger partial charge in [0.25, 0.3) is 0 Å². The molecule has 0 heterocycles. The van der Waals surface area contributed by atoms with Crippen LogP contribution < -0.4 is 5.73 Å². The first-order valence-electron chi connectivity index (χ1n) is 6.18. The molecule has 0 aromatic heterocycles. The zero-order chi connectivity index (χ0) is 14.2. The zero-order valence-corrected chi connectivity index (χ0v) is 11.3. The lowest BCUT2D eigenvalue weighted by molar-refractivity contribution is 0.616. The van der Waals surface area contributed by atoms with Gasteiger partial charge in [-0.05, 0) is 66.8 Å². The second-order valence-electron chi connectivity index (χ2n) is 4.94. The first-order chi connectivity index (χ1) is 8.90. The van der Waals surface area contributed by atoms with Crippen LogP contribution in [0.5, 0.6) is 0 Å². The van der Waals surface area contributed by atoms with Crippen molar-refractivity contribution < 1.29 is 8.78 Å². The molecule has 2 N–H and O–H groups in total. The quantitative estimate of drug-likeness (QED) is 0.870. The fourth-order valence-electron chi connectivity index (χ4n) is 2.44. The molecule has 0 aliphatic carbocycles. The van der Waals surface area contributed by atoms with Gasteiger partial charge >= 0.3 is 0 Å². The molecule has 100 valence electrons. The summed E-state index contributed by atoms with van der Waals surface area (Å²) in [5, 5.41) is 0. The molecule has 1 atom stereocenters. The number of halogens is 2. The van der Waals surface area contributed by atoms with E-state index in [2.05, 4.69) is 0 Å². The van der Waals surface area contributed by atoms with Gasteiger partial charge in [-0.15, -0.1) is 0 Å². The fourth-order valence-corrected chi connectivity index (χ4v) is 2.44. The van der Waals surface area contributed by atoms with E-state index in [1.165, 1.54) is 18.2 Å². The Morgan fingerprint density at radius 1 is 0.895 bits per heavy atom. The summed E-state index contributed by atoms with van der Waals surface area (Å²) in [4.78, 5) is 0. The molecule has 0 spiro atoms. The maximum absolute atomic E-state index is 13.3. The number of hydrogen-bond acceptors (Lipinski definition) is 1. The lowest BCUT2D eigenvalue weighted by Gasteiger charge is -2.18. The molecule has 0 radical (unpaired) electrons. The highest BCUT2D eigenvalue weighted by Crippen LogP contribution is 2.27. The number of nitrogens with two attached hydrogens (primary N) is 1. The minimum absolute atomic E-state index is 0.247. The Bertz CT molecular complexity index is 597. The van der Waals surface area contributed by atoms with Crippen molar-refractivity contribution in [3.8, 4) is 0 Å². The van der Waals surface area contributed by atoms with Crippen molar-refractivity contribution >= 4 is 0 Å². The smallest absolute Gasteiger partial charge is 0.126 e. The normalized spacial score (nSPS) is 12.5. The van der Waals surface area contributed by atoms with Crippen LogP contribution in [0.4, 0.5) is 8.78 Å².